The lowest BCUT2D eigenvalue weighted by atomic mass is 10.2. The molecule has 0 unspecified atom stereocenters. The largest absolute Gasteiger partial charge is 0.380 e. The molecule has 1 heterocycles. The second kappa shape index (κ2) is 3.82. The lowest BCUT2D eigenvalue weighted by molar-refractivity contribution is 0.0990. The van der Waals surface area contributed by atoms with Gasteiger partial charge < -0.3 is 10.5 Å². The number of ether oxygens (including phenoxy) is 1. The van der Waals surface area contributed by atoms with Crippen LogP contribution in [-0.2, 0) is 11.3 Å². The topological polar surface area (TPSA) is 65.2 Å². The van der Waals surface area contributed by atoms with Crippen molar-refractivity contribution in [2.75, 3.05) is 7.11 Å². The summed E-state index contributed by atoms with van der Waals surface area (Å²) in [6.45, 7) is 0.353. The highest BCUT2D eigenvalue weighted by molar-refractivity contribution is 5.92. The highest BCUT2D eigenvalue weighted by Crippen LogP contribution is 2.05. The van der Waals surface area contributed by atoms with Gasteiger partial charge in [-0.3, -0.25) is 9.78 Å². The van der Waals surface area contributed by atoms with E-state index in [9.17, 15) is 4.79 Å². The van der Waals surface area contributed by atoms with Gasteiger partial charge in [0.05, 0.1) is 6.61 Å². The summed E-state index contributed by atoms with van der Waals surface area (Å²) in [6.07, 6.45) is 1.53. The molecule has 0 saturated carbocycles. The molecule has 0 aliphatic heterocycles. The van der Waals surface area contributed by atoms with Crippen LogP contribution >= 0.6 is 0 Å². The molecule has 0 radical (unpaired) electrons. The number of hydrogen-bond acceptors (Lipinski definition) is 3. The van der Waals surface area contributed by atoms with E-state index >= 15 is 0 Å². The van der Waals surface area contributed by atoms with Crippen LogP contribution in [0.4, 0.5) is 0 Å². The Morgan fingerprint density at radius 2 is 2.50 bits per heavy atom. The van der Waals surface area contributed by atoms with Gasteiger partial charge in [-0.2, -0.15) is 0 Å². The average molecular weight is 166 g/mol. The second-order valence-electron chi connectivity index (χ2n) is 2.31. The molecule has 0 fully saturated rings. The Labute approximate surface area is 70.4 Å². The van der Waals surface area contributed by atoms with E-state index in [0.717, 1.165) is 0 Å². The molecule has 1 rings (SSSR count). The molecule has 0 spiro atoms. The summed E-state index contributed by atoms with van der Waals surface area (Å²) >= 11 is 0. The minimum absolute atomic E-state index is 0.277. The number of methoxy groups -OCH3 is 1. The second-order valence-corrected chi connectivity index (χ2v) is 2.31. The Balaban J connectivity index is 3.00. The molecular weight excluding hydrogens is 156 g/mol. The molecule has 1 amide bonds. The summed E-state index contributed by atoms with van der Waals surface area (Å²) in [6, 6.07) is 3.50. The van der Waals surface area contributed by atoms with Gasteiger partial charge in [0, 0.05) is 18.9 Å². The quantitative estimate of drug-likeness (QED) is 0.703. The Kier molecular flexibility index (Phi) is 2.76. The number of carbonyl (C=O) groups is 1. The molecule has 0 aromatic carbocycles. The Bertz CT molecular complexity index is 286. The van der Waals surface area contributed by atoms with Crippen molar-refractivity contribution in [2.45, 2.75) is 6.61 Å². The average Bonchev–Trinajstić information content (AvgIpc) is 2.05. The monoisotopic (exact) mass is 166 g/mol. The van der Waals surface area contributed by atoms with Gasteiger partial charge in [0.2, 0.25) is 0 Å². The number of rotatable bonds is 3. The third-order valence-electron chi connectivity index (χ3n) is 1.42. The van der Waals surface area contributed by atoms with E-state index in [0.29, 0.717) is 12.2 Å². The Hall–Kier alpha value is -1.42. The number of amides is 1. The van der Waals surface area contributed by atoms with Gasteiger partial charge >= 0.3 is 0 Å². The first-order chi connectivity index (χ1) is 5.75. The van der Waals surface area contributed by atoms with Crippen molar-refractivity contribution in [3.63, 3.8) is 0 Å². The van der Waals surface area contributed by atoms with Crippen LogP contribution in [0.3, 0.4) is 0 Å². The predicted molar refractivity (Wildman–Crippen MR) is 43.5 cm³/mol. The van der Waals surface area contributed by atoms with Gasteiger partial charge in [-0.25, -0.2) is 0 Å². The van der Waals surface area contributed by atoms with Gasteiger partial charge in [0.15, 0.2) is 0 Å². The van der Waals surface area contributed by atoms with Crippen LogP contribution in [0.2, 0.25) is 0 Å². The maximum Gasteiger partial charge on any atom is 0.267 e. The minimum atomic E-state index is -0.525. The fourth-order valence-electron chi connectivity index (χ4n) is 0.932. The summed E-state index contributed by atoms with van der Waals surface area (Å²) in [5, 5.41) is 0. The third-order valence-corrected chi connectivity index (χ3v) is 1.42. The summed E-state index contributed by atoms with van der Waals surface area (Å²) < 4.78 is 4.87. The Morgan fingerprint density at radius 3 is 3.08 bits per heavy atom. The fraction of sp³-hybridized carbons (Fsp3) is 0.250. The lowest BCUT2D eigenvalue weighted by Gasteiger charge is -2.02. The van der Waals surface area contributed by atoms with Gasteiger partial charge in [0.25, 0.3) is 5.91 Å². The minimum Gasteiger partial charge on any atom is -0.380 e. The maximum atomic E-state index is 10.8. The number of primary amides is 1. The van der Waals surface area contributed by atoms with Crippen LogP contribution in [0.5, 0.6) is 0 Å². The van der Waals surface area contributed by atoms with Crippen LogP contribution in [0, 0.1) is 0 Å². The van der Waals surface area contributed by atoms with Gasteiger partial charge in [0.1, 0.15) is 5.69 Å². The molecular formula is C8H10N2O2. The highest BCUT2D eigenvalue weighted by Gasteiger charge is 2.07. The standard InChI is InChI=1S/C8H10N2O2/c1-12-5-6-3-2-4-10-7(6)8(9)11/h2-4H,5H2,1H3,(H2,9,11). The van der Waals surface area contributed by atoms with Crippen molar-refractivity contribution in [3.05, 3.63) is 29.6 Å². The summed E-state index contributed by atoms with van der Waals surface area (Å²) in [7, 11) is 1.55. The number of nitrogens with two attached hydrogens (primary N) is 1. The van der Waals surface area contributed by atoms with Crippen molar-refractivity contribution >= 4 is 5.91 Å². The first-order valence-corrected chi connectivity index (χ1v) is 3.48. The van der Waals surface area contributed by atoms with Gasteiger partial charge in [-0.15, -0.1) is 0 Å². The van der Waals surface area contributed by atoms with Crippen molar-refractivity contribution in [1.82, 2.24) is 4.98 Å². The smallest absolute Gasteiger partial charge is 0.267 e. The molecule has 4 heteroatoms. The van der Waals surface area contributed by atoms with E-state index in [-0.39, 0.29) is 5.69 Å². The molecule has 1 aromatic rings. The van der Waals surface area contributed by atoms with Crippen molar-refractivity contribution in [1.29, 1.82) is 0 Å². The van der Waals surface area contributed by atoms with Gasteiger partial charge in [-0.05, 0) is 6.07 Å². The zero-order valence-electron chi connectivity index (χ0n) is 6.78. The van der Waals surface area contributed by atoms with E-state index in [1.54, 1.807) is 19.2 Å². The van der Waals surface area contributed by atoms with Crippen LogP contribution in [0.1, 0.15) is 16.1 Å². The molecule has 64 valence electrons. The lowest BCUT2D eigenvalue weighted by Crippen LogP contribution is -2.15. The summed E-state index contributed by atoms with van der Waals surface area (Å²) in [4.78, 5) is 14.6. The molecule has 12 heavy (non-hydrogen) atoms. The molecule has 1 aromatic heterocycles. The number of hydrogen-bond donors (Lipinski definition) is 1. The van der Waals surface area contributed by atoms with Crippen molar-refractivity contribution in [3.8, 4) is 0 Å². The van der Waals surface area contributed by atoms with E-state index in [4.69, 9.17) is 10.5 Å². The van der Waals surface area contributed by atoms with Gasteiger partial charge in [-0.1, -0.05) is 6.07 Å². The molecule has 0 aliphatic carbocycles. The molecule has 0 atom stereocenters. The Morgan fingerprint density at radius 1 is 1.75 bits per heavy atom. The van der Waals surface area contributed by atoms with E-state index < -0.39 is 5.91 Å². The molecule has 0 bridgehead atoms. The van der Waals surface area contributed by atoms with Crippen molar-refractivity contribution in [2.24, 2.45) is 5.73 Å². The maximum absolute atomic E-state index is 10.8. The fourth-order valence-corrected chi connectivity index (χ4v) is 0.932. The third kappa shape index (κ3) is 1.79. The van der Waals surface area contributed by atoms with E-state index in [1.807, 2.05) is 0 Å². The highest BCUT2D eigenvalue weighted by atomic mass is 16.5. The molecule has 0 saturated heterocycles. The summed E-state index contributed by atoms with van der Waals surface area (Å²) in [5.41, 5.74) is 6.08. The van der Waals surface area contributed by atoms with E-state index in [2.05, 4.69) is 4.98 Å². The predicted octanol–water partition coefficient (Wildman–Crippen LogP) is 0.327. The molecule has 2 N–H and O–H groups in total. The summed E-state index contributed by atoms with van der Waals surface area (Å²) in [5.74, 6) is -0.525. The normalized spacial score (nSPS) is 9.75. The zero-order chi connectivity index (χ0) is 8.97. The van der Waals surface area contributed by atoms with Crippen molar-refractivity contribution < 1.29 is 9.53 Å². The number of carbonyl (C=O) groups excluding carboxylic acids is 1. The van der Waals surface area contributed by atoms with Crippen LogP contribution in [0.15, 0.2) is 18.3 Å². The number of nitrogens with zero attached hydrogens (tertiary/aromatic N) is 1. The van der Waals surface area contributed by atoms with Crippen LogP contribution in [0.25, 0.3) is 0 Å². The SMILES string of the molecule is COCc1cccnc1C(N)=O. The number of pyridine rings is 1. The van der Waals surface area contributed by atoms with Crippen LogP contribution in [-0.4, -0.2) is 18.0 Å². The first-order valence-electron chi connectivity index (χ1n) is 3.48. The number of aromatic nitrogens is 1. The molecule has 0 aliphatic rings. The zero-order valence-corrected chi connectivity index (χ0v) is 6.78. The molecule has 4 nitrogen and oxygen atoms in total. The van der Waals surface area contributed by atoms with E-state index in [1.165, 1.54) is 6.20 Å². The van der Waals surface area contributed by atoms with Crippen LogP contribution < -0.4 is 5.73 Å². The first kappa shape index (κ1) is 8.67.